The van der Waals surface area contributed by atoms with E-state index in [1.54, 1.807) is 11.3 Å². The Balaban J connectivity index is 1.67. The molecule has 0 unspecified atom stereocenters. The molecule has 1 aromatic carbocycles. The minimum atomic E-state index is 0.0352. The summed E-state index contributed by atoms with van der Waals surface area (Å²) in [6.45, 7) is 3.50. The standard InChI is InChI=1S/C23H30N2O2S/c1-2-3-5-12-22(26)25(20-13-14-20)18-23(27)24(17-21-11-8-15-28-21)16-19-9-6-4-7-10-19/h4,6-11,15,20H,2-3,5,12-14,16-18H2,1H3. The van der Waals surface area contributed by atoms with Crippen molar-refractivity contribution in [2.75, 3.05) is 6.54 Å². The average molecular weight is 399 g/mol. The van der Waals surface area contributed by atoms with E-state index in [0.29, 0.717) is 19.5 Å². The first-order valence-corrected chi connectivity index (χ1v) is 11.2. The van der Waals surface area contributed by atoms with Gasteiger partial charge in [0.25, 0.3) is 0 Å². The van der Waals surface area contributed by atoms with Crippen LogP contribution in [-0.4, -0.2) is 34.2 Å². The molecular weight excluding hydrogens is 368 g/mol. The number of carbonyl (C=O) groups is 2. The molecule has 1 aliphatic rings. The van der Waals surface area contributed by atoms with Gasteiger partial charge in [-0.15, -0.1) is 11.3 Å². The Labute approximate surface area is 172 Å². The lowest BCUT2D eigenvalue weighted by Gasteiger charge is -2.28. The van der Waals surface area contributed by atoms with E-state index in [0.717, 1.165) is 42.5 Å². The third-order valence-electron chi connectivity index (χ3n) is 5.10. The van der Waals surface area contributed by atoms with Crippen LogP contribution in [0, 0.1) is 0 Å². The number of unbranched alkanes of at least 4 members (excludes halogenated alkanes) is 2. The van der Waals surface area contributed by atoms with Crippen molar-refractivity contribution < 1.29 is 9.59 Å². The number of benzene rings is 1. The number of thiophene rings is 1. The lowest BCUT2D eigenvalue weighted by atomic mass is 10.2. The molecule has 0 bridgehead atoms. The van der Waals surface area contributed by atoms with Gasteiger partial charge in [-0.2, -0.15) is 0 Å². The smallest absolute Gasteiger partial charge is 0.242 e. The summed E-state index contributed by atoms with van der Waals surface area (Å²) in [5.74, 6) is 0.174. The third-order valence-corrected chi connectivity index (χ3v) is 5.96. The highest BCUT2D eigenvalue weighted by atomic mass is 32.1. The predicted molar refractivity (Wildman–Crippen MR) is 114 cm³/mol. The van der Waals surface area contributed by atoms with E-state index in [4.69, 9.17) is 0 Å². The zero-order valence-corrected chi connectivity index (χ0v) is 17.5. The van der Waals surface area contributed by atoms with Gasteiger partial charge in [-0.25, -0.2) is 0 Å². The van der Waals surface area contributed by atoms with Crippen molar-refractivity contribution >= 4 is 23.2 Å². The van der Waals surface area contributed by atoms with Crippen LogP contribution in [0.15, 0.2) is 47.8 Å². The van der Waals surface area contributed by atoms with E-state index in [-0.39, 0.29) is 24.4 Å². The summed E-state index contributed by atoms with van der Waals surface area (Å²) in [5.41, 5.74) is 1.11. The molecule has 0 radical (unpaired) electrons. The van der Waals surface area contributed by atoms with Crippen LogP contribution in [0.1, 0.15) is 55.9 Å². The van der Waals surface area contributed by atoms with Crippen molar-refractivity contribution in [3.05, 3.63) is 58.3 Å². The fraction of sp³-hybridized carbons (Fsp3) is 0.478. The Hall–Kier alpha value is -2.14. The number of hydrogen-bond donors (Lipinski definition) is 0. The molecular formula is C23H30N2O2S. The van der Waals surface area contributed by atoms with Crippen molar-refractivity contribution in [1.29, 1.82) is 0 Å². The van der Waals surface area contributed by atoms with Crippen LogP contribution < -0.4 is 0 Å². The summed E-state index contributed by atoms with van der Waals surface area (Å²) in [6, 6.07) is 14.4. The van der Waals surface area contributed by atoms with Crippen LogP contribution in [0.2, 0.25) is 0 Å². The van der Waals surface area contributed by atoms with E-state index in [9.17, 15) is 9.59 Å². The molecule has 3 rings (SSSR count). The molecule has 1 saturated carbocycles. The molecule has 0 spiro atoms. The molecule has 2 aromatic rings. The zero-order valence-electron chi connectivity index (χ0n) is 16.7. The maximum atomic E-state index is 13.2. The van der Waals surface area contributed by atoms with Gasteiger partial charge in [0.1, 0.15) is 6.54 Å². The van der Waals surface area contributed by atoms with Crippen LogP contribution in [0.3, 0.4) is 0 Å². The van der Waals surface area contributed by atoms with Gasteiger partial charge in [0.2, 0.25) is 11.8 Å². The van der Waals surface area contributed by atoms with E-state index >= 15 is 0 Å². The second-order valence-corrected chi connectivity index (χ2v) is 8.56. The highest BCUT2D eigenvalue weighted by Crippen LogP contribution is 2.28. The molecule has 0 atom stereocenters. The molecule has 1 fully saturated rings. The largest absolute Gasteiger partial charge is 0.332 e. The van der Waals surface area contributed by atoms with Crippen LogP contribution in [0.4, 0.5) is 0 Å². The van der Waals surface area contributed by atoms with Gasteiger partial charge in [-0.3, -0.25) is 9.59 Å². The molecule has 2 amide bonds. The Kier molecular flexibility index (Phi) is 7.66. The maximum Gasteiger partial charge on any atom is 0.242 e. The third kappa shape index (κ3) is 6.20. The second-order valence-electron chi connectivity index (χ2n) is 7.52. The zero-order chi connectivity index (χ0) is 19.8. The summed E-state index contributed by atoms with van der Waals surface area (Å²) in [4.78, 5) is 30.8. The van der Waals surface area contributed by atoms with E-state index in [2.05, 4.69) is 13.0 Å². The van der Waals surface area contributed by atoms with Crippen LogP contribution in [-0.2, 0) is 22.7 Å². The monoisotopic (exact) mass is 398 g/mol. The molecule has 0 aliphatic heterocycles. The molecule has 1 aromatic heterocycles. The van der Waals surface area contributed by atoms with Gasteiger partial charge in [0, 0.05) is 23.9 Å². The predicted octanol–water partition coefficient (Wildman–Crippen LogP) is 4.85. The summed E-state index contributed by atoms with van der Waals surface area (Å²) in [5, 5.41) is 2.04. The summed E-state index contributed by atoms with van der Waals surface area (Å²) in [6.07, 6.45) is 5.68. The lowest BCUT2D eigenvalue weighted by Crippen LogP contribution is -2.43. The van der Waals surface area contributed by atoms with Gasteiger partial charge in [-0.1, -0.05) is 56.2 Å². The number of amides is 2. The highest BCUT2D eigenvalue weighted by molar-refractivity contribution is 7.09. The molecule has 4 nitrogen and oxygen atoms in total. The number of carbonyl (C=O) groups excluding carboxylic acids is 2. The Morgan fingerprint density at radius 3 is 2.43 bits per heavy atom. The molecule has 150 valence electrons. The van der Waals surface area contributed by atoms with E-state index < -0.39 is 0 Å². The normalized spacial score (nSPS) is 13.3. The van der Waals surface area contributed by atoms with Crippen molar-refractivity contribution in [1.82, 2.24) is 9.80 Å². The van der Waals surface area contributed by atoms with E-state index in [1.807, 2.05) is 51.6 Å². The van der Waals surface area contributed by atoms with Crippen LogP contribution in [0.5, 0.6) is 0 Å². The Bertz CT molecular complexity index is 741. The quantitative estimate of drug-likeness (QED) is 0.508. The number of nitrogens with zero attached hydrogens (tertiary/aromatic N) is 2. The second kappa shape index (κ2) is 10.4. The van der Waals surface area contributed by atoms with Crippen LogP contribution in [0.25, 0.3) is 0 Å². The topological polar surface area (TPSA) is 40.6 Å². The fourth-order valence-corrected chi connectivity index (χ4v) is 4.07. The SMILES string of the molecule is CCCCCC(=O)N(CC(=O)N(Cc1ccccc1)Cc1cccs1)C1CC1. The van der Waals surface area contributed by atoms with Gasteiger partial charge in [-0.05, 0) is 36.3 Å². The van der Waals surface area contributed by atoms with Crippen LogP contribution >= 0.6 is 11.3 Å². The molecule has 1 aliphatic carbocycles. The fourth-order valence-electron chi connectivity index (χ4n) is 3.35. The van der Waals surface area contributed by atoms with E-state index in [1.165, 1.54) is 0 Å². The minimum Gasteiger partial charge on any atom is -0.332 e. The average Bonchev–Trinajstić information content (AvgIpc) is 3.42. The first kappa shape index (κ1) is 20.6. The molecule has 1 heterocycles. The first-order valence-electron chi connectivity index (χ1n) is 10.3. The molecule has 0 saturated heterocycles. The molecule has 5 heteroatoms. The van der Waals surface area contributed by atoms with Gasteiger partial charge in [0.15, 0.2) is 0 Å². The summed E-state index contributed by atoms with van der Waals surface area (Å²) < 4.78 is 0. The van der Waals surface area contributed by atoms with Gasteiger partial charge in [0.05, 0.1) is 6.54 Å². The highest BCUT2D eigenvalue weighted by Gasteiger charge is 2.34. The Morgan fingerprint density at radius 2 is 1.79 bits per heavy atom. The Morgan fingerprint density at radius 1 is 1.00 bits per heavy atom. The molecule has 28 heavy (non-hydrogen) atoms. The van der Waals surface area contributed by atoms with Gasteiger partial charge < -0.3 is 9.80 Å². The summed E-state index contributed by atoms with van der Waals surface area (Å²) in [7, 11) is 0. The van der Waals surface area contributed by atoms with Crippen molar-refractivity contribution in [2.24, 2.45) is 0 Å². The van der Waals surface area contributed by atoms with Crippen molar-refractivity contribution in [3.8, 4) is 0 Å². The summed E-state index contributed by atoms with van der Waals surface area (Å²) >= 11 is 1.66. The minimum absolute atomic E-state index is 0.0352. The maximum absolute atomic E-state index is 13.2. The number of hydrogen-bond acceptors (Lipinski definition) is 3. The lowest BCUT2D eigenvalue weighted by molar-refractivity contribution is -0.141. The van der Waals surface area contributed by atoms with Crippen molar-refractivity contribution in [3.63, 3.8) is 0 Å². The molecule has 0 N–H and O–H groups in total. The number of rotatable bonds is 11. The first-order chi connectivity index (χ1) is 13.7. The van der Waals surface area contributed by atoms with Gasteiger partial charge >= 0.3 is 0 Å². The van der Waals surface area contributed by atoms with Crippen molar-refractivity contribution in [2.45, 2.75) is 64.6 Å².